The lowest BCUT2D eigenvalue weighted by Gasteiger charge is -2.11. The highest BCUT2D eigenvalue weighted by Crippen LogP contribution is 2.30. The number of hydrogen-bond donors (Lipinski definition) is 0. The third kappa shape index (κ3) is 4.01. The van der Waals surface area contributed by atoms with Gasteiger partial charge in [0, 0.05) is 39.7 Å². The monoisotopic (exact) mass is 465 g/mol. The van der Waals surface area contributed by atoms with Gasteiger partial charge >= 0.3 is 0 Å². The number of halogens is 1. The molecule has 0 bridgehead atoms. The van der Waals surface area contributed by atoms with Gasteiger partial charge < -0.3 is 0 Å². The second kappa shape index (κ2) is 8.30. The summed E-state index contributed by atoms with van der Waals surface area (Å²) in [5, 5.41) is 12.1. The zero-order valence-electron chi connectivity index (χ0n) is 16.4. The summed E-state index contributed by atoms with van der Waals surface area (Å²) in [5.74, 6) is 1.25. The predicted octanol–water partition coefficient (Wildman–Crippen LogP) is 5.26. The number of rotatable bonds is 5. The average Bonchev–Trinajstić information content (AvgIpc) is 3.41. The van der Waals surface area contributed by atoms with Gasteiger partial charge in [0.05, 0.1) is 5.69 Å². The molecule has 0 spiro atoms. The van der Waals surface area contributed by atoms with E-state index in [2.05, 4.69) is 34.2 Å². The minimum atomic E-state index is -0.0821. The van der Waals surface area contributed by atoms with E-state index in [4.69, 9.17) is 11.6 Å². The Kier molecular flexibility index (Phi) is 5.35. The standard InChI is InChI=1S/C22H16ClN5OS2/c1-14-2-4-15(5-3-14)20-25-26-22(28(20)18-8-6-16(23)7-9-18)31-13-17-12-19(29)27-10-11-30-21(27)24-17/h2-12H,13H2,1H3. The summed E-state index contributed by atoms with van der Waals surface area (Å²) in [6, 6.07) is 17.3. The number of fused-ring (bicyclic) bond motifs is 1. The summed E-state index contributed by atoms with van der Waals surface area (Å²) in [7, 11) is 0. The van der Waals surface area contributed by atoms with E-state index in [1.54, 1.807) is 16.7 Å². The fourth-order valence-corrected chi connectivity index (χ4v) is 4.89. The zero-order chi connectivity index (χ0) is 21.4. The van der Waals surface area contributed by atoms with Gasteiger partial charge in [0.25, 0.3) is 5.56 Å². The molecule has 3 heterocycles. The fraction of sp³-hybridized carbons (Fsp3) is 0.0909. The van der Waals surface area contributed by atoms with Crippen LogP contribution in [0.4, 0.5) is 0 Å². The van der Waals surface area contributed by atoms with Gasteiger partial charge in [-0.05, 0) is 31.2 Å². The Balaban J connectivity index is 1.53. The molecule has 31 heavy (non-hydrogen) atoms. The molecule has 0 saturated carbocycles. The molecule has 2 aromatic carbocycles. The summed E-state index contributed by atoms with van der Waals surface area (Å²) < 4.78 is 3.55. The minimum absolute atomic E-state index is 0.0821. The molecule has 154 valence electrons. The highest BCUT2D eigenvalue weighted by Gasteiger charge is 2.17. The van der Waals surface area contributed by atoms with Crippen LogP contribution >= 0.6 is 34.7 Å². The Labute approximate surface area is 191 Å². The second-order valence-corrected chi connectivity index (χ2v) is 9.17. The number of aryl methyl sites for hydroxylation is 1. The first kappa shape index (κ1) is 20.0. The highest BCUT2D eigenvalue weighted by atomic mass is 35.5. The Bertz CT molecular complexity index is 1420. The molecule has 0 aliphatic rings. The van der Waals surface area contributed by atoms with Crippen LogP contribution < -0.4 is 5.56 Å². The van der Waals surface area contributed by atoms with Crippen molar-refractivity contribution in [2.45, 2.75) is 17.8 Å². The lowest BCUT2D eigenvalue weighted by molar-refractivity contribution is 0.885. The first-order valence-corrected chi connectivity index (χ1v) is 11.7. The van der Waals surface area contributed by atoms with Crippen molar-refractivity contribution in [2.24, 2.45) is 0 Å². The molecule has 6 nitrogen and oxygen atoms in total. The molecule has 0 saturated heterocycles. The third-order valence-corrected chi connectivity index (χ3v) is 6.70. The largest absolute Gasteiger partial charge is 0.270 e. The van der Waals surface area contributed by atoms with E-state index < -0.39 is 0 Å². The van der Waals surface area contributed by atoms with Crippen LogP contribution in [0.25, 0.3) is 22.0 Å². The minimum Gasteiger partial charge on any atom is -0.270 e. The number of benzene rings is 2. The third-order valence-electron chi connectivity index (χ3n) is 4.73. The first-order chi connectivity index (χ1) is 15.1. The van der Waals surface area contributed by atoms with E-state index in [1.807, 2.05) is 46.3 Å². The Hall–Kier alpha value is -2.94. The van der Waals surface area contributed by atoms with E-state index >= 15 is 0 Å². The molecular formula is C22H16ClN5OS2. The van der Waals surface area contributed by atoms with Crippen LogP contribution in [-0.4, -0.2) is 24.1 Å². The average molecular weight is 466 g/mol. The van der Waals surface area contributed by atoms with Gasteiger partial charge in [0.1, 0.15) is 0 Å². The van der Waals surface area contributed by atoms with E-state index in [0.29, 0.717) is 26.6 Å². The normalized spacial score (nSPS) is 11.3. The maximum Gasteiger partial charge on any atom is 0.258 e. The molecule has 0 atom stereocenters. The molecule has 5 aromatic rings. The number of thioether (sulfide) groups is 1. The lowest BCUT2D eigenvalue weighted by atomic mass is 10.1. The predicted molar refractivity (Wildman–Crippen MR) is 125 cm³/mol. The van der Waals surface area contributed by atoms with Crippen LogP contribution in [0.15, 0.2) is 76.1 Å². The van der Waals surface area contributed by atoms with Gasteiger partial charge in [0.2, 0.25) is 0 Å². The van der Waals surface area contributed by atoms with E-state index in [9.17, 15) is 4.79 Å². The van der Waals surface area contributed by atoms with Crippen molar-refractivity contribution in [1.82, 2.24) is 24.1 Å². The molecule has 5 rings (SSSR count). The molecule has 0 aliphatic carbocycles. The quantitative estimate of drug-likeness (QED) is 0.331. The van der Waals surface area contributed by atoms with Gasteiger partial charge in [0.15, 0.2) is 15.9 Å². The molecule has 0 fully saturated rings. The molecule has 0 N–H and O–H groups in total. The number of thiazole rings is 1. The molecular weight excluding hydrogens is 450 g/mol. The van der Waals surface area contributed by atoms with E-state index in [-0.39, 0.29) is 5.56 Å². The maximum absolute atomic E-state index is 12.3. The number of nitrogens with zero attached hydrogens (tertiary/aromatic N) is 5. The van der Waals surface area contributed by atoms with Crippen molar-refractivity contribution in [1.29, 1.82) is 0 Å². The van der Waals surface area contributed by atoms with Crippen LogP contribution in [0.5, 0.6) is 0 Å². The van der Waals surface area contributed by atoms with Gasteiger partial charge in [-0.15, -0.1) is 21.5 Å². The second-order valence-electron chi connectivity index (χ2n) is 6.91. The van der Waals surface area contributed by atoms with Crippen molar-refractivity contribution < 1.29 is 0 Å². The number of hydrogen-bond acceptors (Lipinski definition) is 6. The van der Waals surface area contributed by atoms with Gasteiger partial charge in [-0.3, -0.25) is 13.8 Å². The topological polar surface area (TPSA) is 65.1 Å². The molecule has 0 radical (unpaired) electrons. The highest BCUT2D eigenvalue weighted by molar-refractivity contribution is 7.98. The molecule has 0 aliphatic heterocycles. The summed E-state index contributed by atoms with van der Waals surface area (Å²) in [5.41, 5.74) is 3.68. The molecule has 0 unspecified atom stereocenters. The van der Waals surface area contributed by atoms with E-state index in [0.717, 1.165) is 17.1 Å². The molecule has 0 amide bonds. The van der Waals surface area contributed by atoms with Crippen LogP contribution in [0.2, 0.25) is 5.02 Å². The Morgan fingerprint density at radius 1 is 1.06 bits per heavy atom. The van der Waals surface area contributed by atoms with Crippen molar-refractivity contribution in [3.63, 3.8) is 0 Å². The summed E-state index contributed by atoms with van der Waals surface area (Å²) in [6.45, 7) is 2.05. The first-order valence-electron chi connectivity index (χ1n) is 9.45. The van der Waals surface area contributed by atoms with Crippen LogP contribution in [0.1, 0.15) is 11.3 Å². The summed E-state index contributed by atoms with van der Waals surface area (Å²) >= 11 is 9.02. The van der Waals surface area contributed by atoms with Crippen molar-refractivity contribution in [3.8, 4) is 17.1 Å². The summed E-state index contributed by atoms with van der Waals surface area (Å²) in [4.78, 5) is 17.6. The smallest absolute Gasteiger partial charge is 0.258 e. The zero-order valence-corrected chi connectivity index (χ0v) is 18.8. The van der Waals surface area contributed by atoms with Crippen molar-refractivity contribution in [2.75, 3.05) is 0 Å². The van der Waals surface area contributed by atoms with Gasteiger partial charge in [-0.2, -0.15) is 0 Å². The van der Waals surface area contributed by atoms with Crippen LogP contribution in [0, 0.1) is 6.92 Å². The maximum atomic E-state index is 12.3. The Morgan fingerprint density at radius 2 is 1.84 bits per heavy atom. The van der Waals surface area contributed by atoms with E-state index in [1.165, 1.54) is 28.7 Å². The SMILES string of the molecule is Cc1ccc(-c2nnc(SCc3cc(=O)n4ccsc4n3)n2-c2ccc(Cl)cc2)cc1. The lowest BCUT2D eigenvalue weighted by Crippen LogP contribution is -2.12. The van der Waals surface area contributed by atoms with Gasteiger partial charge in [-0.25, -0.2) is 4.98 Å². The van der Waals surface area contributed by atoms with Crippen LogP contribution in [-0.2, 0) is 5.75 Å². The summed E-state index contributed by atoms with van der Waals surface area (Å²) in [6.07, 6.45) is 1.73. The molecule has 9 heteroatoms. The number of aromatic nitrogens is 5. The fourth-order valence-electron chi connectivity index (χ4n) is 3.18. The van der Waals surface area contributed by atoms with Crippen molar-refractivity contribution >= 4 is 39.7 Å². The Morgan fingerprint density at radius 3 is 2.61 bits per heavy atom. The van der Waals surface area contributed by atoms with Crippen LogP contribution in [0.3, 0.4) is 0 Å². The van der Waals surface area contributed by atoms with Crippen molar-refractivity contribution in [3.05, 3.63) is 92.8 Å². The molecule has 3 aromatic heterocycles. The van der Waals surface area contributed by atoms with Gasteiger partial charge in [-0.1, -0.05) is 53.2 Å².